The normalized spacial score (nSPS) is 23.1. The van der Waals surface area contributed by atoms with Crippen LogP contribution in [-0.4, -0.2) is 43.4 Å². The molecule has 1 unspecified atom stereocenters. The molecule has 1 fully saturated rings. The molecule has 0 radical (unpaired) electrons. The zero-order chi connectivity index (χ0) is 15.7. The maximum absolute atomic E-state index is 12.6. The summed E-state index contributed by atoms with van der Waals surface area (Å²) in [4.78, 5) is 0. The maximum atomic E-state index is 12.6. The van der Waals surface area contributed by atoms with Gasteiger partial charge in [-0.05, 0) is 20.3 Å². The van der Waals surface area contributed by atoms with E-state index in [0.29, 0.717) is 31.7 Å². The van der Waals surface area contributed by atoms with Gasteiger partial charge in [-0.3, -0.25) is 5.10 Å². The number of nitrogens with one attached hydrogen (secondary N) is 3. The van der Waals surface area contributed by atoms with Crippen LogP contribution in [0, 0.1) is 6.92 Å². The second kappa shape index (κ2) is 6.04. The van der Waals surface area contributed by atoms with Crippen molar-refractivity contribution in [3.8, 4) is 0 Å². The number of hydrogen-bond donors (Lipinski definition) is 3. The average Bonchev–Trinajstić information content (AvgIpc) is 2.93. The van der Waals surface area contributed by atoms with Crippen molar-refractivity contribution in [1.82, 2.24) is 20.2 Å². The summed E-state index contributed by atoms with van der Waals surface area (Å²) in [6.07, 6.45) is 0.662. The van der Waals surface area contributed by atoms with E-state index in [1.807, 2.05) is 27.7 Å². The third kappa shape index (κ3) is 3.82. The van der Waals surface area contributed by atoms with Gasteiger partial charge in [0, 0.05) is 30.5 Å². The van der Waals surface area contributed by atoms with Crippen LogP contribution < -0.4 is 10.0 Å². The van der Waals surface area contributed by atoms with Crippen LogP contribution in [0.25, 0.3) is 0 Å². The van der Waals surface area contributed by atoms with Crippen LogP contribution in [-0.2, 0) is 21.3 Å². The molecule has 0 aliphatic carbocycles. The Morgan fingerprint density at radius 1 is 1.48 bits per heavy atom. The monoisotopic (exact) mass is 316 g/mol. The lowest BCUT2D eigenvalue weighted by molar-refractivity contribution is 0.178. The lowest BCUT2D eigenvalue weighted by atomic mass is 10.0. The Bertz CT molecular complexity index is 589. The van der Waals surface area contributed by atoms with Gasteiger partial charge in [0.25, 0.3) is 10.0 Å². The van der Waals surface area contributed by atoms with E-state index in [9.17, 15) is 8.42 Å². The van der Waals surface area contributed by atoms with E-state index in [1.165, 1.54) is 0 Å². The van der Waals surface area contributed by atoms with Crippen LogP contribution in [0.5, 0.6) is 0 Å². The summed E-state index contributed by atoms with van der Waals surface area (Å²) in [6, 6.07) is 0.267. The lowest BCUT2D eigenvalue weighted by Crippen LogP contribution is -2.46. The first kappa shape index (κ1) is 16.4. The fraction of sp³-hybridized carbons (Fsp3) is 0.769. The molecular formula is C13H24N4O3S. The highest BCUT2D eigenvalue weighted by molar-refractivity contribution is 7.89. The Morgan fingerprint density at radius 3 is 2.76 bits per heavy atom. The second-order valence-corrected chi connectivity index (χ2v) is 7.73. The molecule has 2 rings (SSSR count). The second-order valence-electron chi connectivity index (χ2n) is 6.14. The molecule has 120 valence electrons. The molecule has 0 spiro atoms. The quantitative estimate of drug-likeness (QED) is 0.717. The zero-order valence-corrected chi connectivity index (χ0v) is 13.8. The van der Waals surface area contributed by atoms with Gasteiger partial charge in [-0.1, -0.05) is 13.8 Å². The van der Waals surface area contributed by atoms with Crippen LogP contribution in [0.4, 0.5) is 0 Å². The van der Waals surface area contributed by atoms with Crippen molar-refractivity contribution >= 4 is 10.0 Å². The van der Waals surface area contributed by atoms with Gasteiger partial charge in [-0.15, -0.1) is 0 Å². The standard InChI is InChI=1S/C13H24N4O3S/c1-9(2)14-7-11-10(3)15-16-12(11)21(18,19)17-13(4)5-6-20-8-13/h9,14,17H,5-8H2,1-4H3,(H,15,16). The van der Waals surface area contributed by atoms with E-state index in [0.717, 1.165) is 5.69 Å². The Morgan fingerprint density at radius 2 is 2.19 bits per heavy atom. The van der Waals surface area contributed by atoms with Crippen molar-refractivity contribution in [3.63, 3.8) is 0 Å². The Kier molecular flexibility index (Phi) is 4.72. The highest BCUT2D eigenvalue weighted by Gasteiger charge is 2.36. The van der Waals surface area contributed by atoms with Crippen LogP contribution in [0.3, 0.4) is 0 Å². The zero-order valence-electron chi connectivity index (χ0n) is 13.0. The fourth-order valence-corrected chi connectivity index (χ4v) is 3.91. The summed E-state index contributed by atoms with van der Waals surface area (Å²) in [5.41, 5.74) is 0.879. The molecule has 1 aliphatic rings. The van der Waals surface area contributed by atoms with Gasteiger partial charge in [0.1, 0.15) is 0 Å². The van der Waals surface area contributed by atoms with Crippen molar-refractivity contribution in [3.05, 3.63) is 11.3 Å². The summed E-state index contributed by atoms with van der Waals surface area (Å²) in [7, 11) is -3.67. The average molecular weight is 316 g/mol. The number of nitrogens with zero attached hydrogens (tertiary/aromatic N) is 1. The number of H-pyrrole nitrogens is 1. The summed E-state index contributed by atoms with van der Waals surface area (Å²) >= 11 is 0. The summed E-state index contributed by atoms with van der Waals surface area (Å²) < 4.78 is 33.2. The summed E-state index contributed by atoms with van der Waals surface area (Å²) in [5.74, 6) is 0. The Balaban J connectivity index is 2.23. The Hall–Kier alpha value is -0.960. The SMILES string of the molecule is Cc1[nH]nc(S(=O)(=O)NC2(C)CCOC2)c1CNC(C)C. The highest BCUT2D eigenvalue weighted by Crippen LogP contribution is 2.23. The van der Waals surface area contributed by atoms with Gasteiger partial charge in [-0.25, -0.2) is 13.1 Å². The van der Waals surface area contributed by atoms with Crippen molar-refractivity contribution in [2.75, 3.05) is 13.2 Å². The van der Waals surface area contributed by atoms with Crippen molar-refractivity contribution < 1.29 is 13.2 Å². The number of aromatic amines is 1. The van der Waals surface area contributed by atoms with Crippen molar-refractivity contribution in [2.45, 2.75) is 57.3 Å². The van der Waals surface area contributed by atoms with E-state index in [-0.39, 0.29) is 11.1 Å². The highest BCUT2D eigenvalue weighted by atomic mass is 32.2. The number of aromatic nitrogens is 2. The molecule has 3 N–H and O–H groups in total. The minimum absolute atomic E-state index is 0.0706. The largest absolute Gasteiger partial charge is 0.379 e. The van der Waals surface area contributed by atoms with Crippen LogP contribution >= 0.6 is 0 Å². The smallest absolute Gasteiger partial charge is 0.260 e. The molecule has 8 heteroatoms. The molecule has 1 aromatic rings. The van der Waals surface area contributed by atoms with E-state index >= 15 is 0 Å². The van der Waals surface area contributed by atoms with Gasteiger partial charge in [0.2, 0.25) is 0 Å². The third-order valence-corrected chi connectivity index (χ3v) is 5.19. The molecule has 0 bridgehead atoms. The topological polar surface area (TPSA) is 96.1 Å². The molecule has 1 aliphatic heterocycles. The van der Waals surface area contributed by atoms with E-state index in [4.69, 9.17) is 4.74 Å². The summed E-state index contributed by atoms with van der Waals surface area (Å²) in [5, 5.41) is 10.0. The number of ether oxygens (including phenoxy) is 1. The molecule has 2 heterocycles. The molecule has 1 saturated heterocycles. The van der Waals surface area contributed by atoms with E-state index in [1.54, 1.807) is 0 Å². The number of aryl methyl sites for hydroxylation is 1. The molecule has 0 aromatic carbocycles. The van der Waals surface area contributed by atoms with Crippen molar-refractivity contribution in [2.24, 2.45) is 0 Å². The van der Waals surface area contributed by atoms with Crippen LogP contribution in [0.2, 0.25) is 0 Å². The van der Waals surface area contributed by atoms with Crippen LogP contribution in [0.15, 0.2) is 5.03 Å². The first-order valence-corrected chi connectivity index (χ1v) is 8.61. The minimum atomic E-state index is -3.67. The first-order chi connectivity index (χ1) is 9.73. The van der Waals surface area contributed by atoms with Crippen LogP contribution in [0.1, 0.15) is 38.4 Å². The molecule has 1 atom stereocenters. The predicted octanol–water partition coefficient (Wildman–Crippen LogP) is 0.673. The molecule has 21 heavy (non-hydrogen) atoms. The molecular weight excluding hydrogens is 292 g/mol. The fourth-order valence-electron chi connectivity index (χ4n) is 2.29. The maximum Gasteiger partial charge on any atom is 0.260 e. The van der Waals surface area contributed by atoms with E-state index < -0.39 is 15.6 Å². The van der Waals surface area contributed by atoms with Gasteiger partial charge in [0.15, 0.2) is 5.03 Å². The third-order valence-electron chi connectivity index (χ3n) is 3.58. The molecule has 1 aromatic heterocycles. The van der Waals surface area contributed by atoms with Gasteiger partial charge < -0.3 is 10.1 Å². The molecule has 7 nitrogen and oxygen atoms in total. The van der Waals surface area contributed by atoms with Gasteiger partial charge in [-0.2, -0.15) is 5.10 Å². The number of sulfonamides is 1. The van der Waals surface area contributed by atoms with Gasteiger partial charge in [0.05, 0.1) is 12.1 Å². The predicted molar refractivity (Wildman–Crippen MR) is 79.5 cm³/mol. The Labute approximate surface area is 125 Å². The number of hydrogen-bond acceptors (Lipinski definition) is 5. The minimum Gasteiger partial charge on any atom is -0.379 e. The summed E-state index contributed by atoms with van der Waals surface area (Å²) in [6.45, 7) is 9.11. The first-order valence-electron chi connectivity index (χ1n) is 7.12. The van der Waals surface area contributed by atoms with Crippen molar-refractivity contribution in [1.29, 1.82) is 0 Å². The molecule has 0 saturated carbocycles. The molecule has 0 amide bonds. The number of rotatable bonds is 6. The van der Waals surface area contributed by atoms with Gasteiger partial charge >= 0.3 is 0 Å². The van der Waals surface area contributed by atoms with E-state index in [2.05, 4.69) is 20.2 Å². The lowest BCUT2D eigenvalue weighted by Gasteiger charge is -2.22.